The zero-order valence-electron chi connectivity index (χ0n) is 20.5. The molecule has 0 unspecified atom stereocenters. The van der Waals surface area contributed by atoms with Gasteiger partial charge in [0.15, 0.2) is 0 Å². The van der Waals surface area contributed by atoms with E-state index in [1.807, 2.05) is 6.07 Å². The largest absolute Gasteiger partial charge is 0.353 e. The van der Waals surface area contributed by atoms with E-state index >= 15 is 0 Å². The highest BCUT2D eigenvalue weighted by Gasteiger charge is 2.24. The van der Waals surface area contributed by atoms with Gasteiger partial charge in [-0.3, -0.25) is 4.79 Å². The van der Waals surface area contributed by atoms with Gasteiger partial charge in [-0.1, -0.05) is 55.4 Å². The van der Waals surface area contributed by atoms with E-state index in [4.69, 9.17) is 4.98 Å². The summed E-state index contributed by atoms with van der Waals surface area (Å²) in [6.07, 6.45) is 10.4. The highest BCUT2D eigenvalue weighted by molar-refractivity contribution is 8.00. The van der Waals surface area contributed by atoms with E-state index < -0.39 is 0 Å². The quantitative estimate of drug-likeness (QED) is 0.203. The number of aromatic nitrogens is 3. The SMILES string of the molecule is CCCCc1nc2sc3c(SCC(=O)N[C@H](C)CCc4ccccc4)ncnc3c2c2c1CCC2. The Labute approximate surface area is 215 Å². The van der Waals surface area contributed by atoms with Gasteiger partial charge in [-0.15, -0.1) is 11.3 Å². The van der Waals surface area contributed by atoms with E-state index in [-0.39, 0.29) is 11.9 Å². The molecule has 1 amide bonds. The summed E-state index contributed by atoms with van der Waals surface area (Å²) in [4.78, 5) is 28.1. The lowest BCUT2D eigenvalue weighted by Crippen LogP contribution is -2.34. The van der Waals surface area contributed by atoms with Crippen molar-refractivity contribution in [3.63, 3.8) is 0 Å². The van der Waals surface area contributed by atoms with Crippen molar-refractivity contribution in [1.29, 1.82) is 0 Å². The lowest BCUT2D eigenvalue weighted by molar-refractivity contribution is -0.119. The average molecular weight is 505 g/mol. The number of thioether (sulfide) groups is 1. The van der Waals surface area contributed by atoms with Gasteiger partial charge in [0.05, 0.1) is 16.0 Å². The van der Waals surface area contributed by atoms with Gasteiger partial charge < -0.3 is 5.32 Å². The predicted molar refractivity (Wildman–Crippen MR) is 146 cm³/mol. The molecule has 1 atom stereocenters. The van der Waals surface area contributed by atoms with Gasteiger partial charge in [0.25, 0.3) is 0 Å². The van der Waals surface area contributed by atoms with Crippen LogP contribution in [0.15, 0.2) is 41.7 Å². The number of thiophene rings is 1. The van der Waals surface area contributed by atoms with Crippen molar-refractivity contribution in [1.82, 2.24) is 20.3 Å². The van der Waals surface area contributed by atoms with Gasteiger partial charge in [0.1, 0.15) is 16.2 Å². The molecule has 4 aromatic rings. The molecule has 0 radical (unpaired) electrons. The number of hydrogen-bond donors (Lipinski definition) is 1. The number of benzene rings is 1. The Hall–Kier alpha value is -2.51. The molecular weight excluding hydrogens is 472 g/mol. The lowest BCUT2D eigenvalue weighted by atomic mass is 10.0. The van der Waals surface area contributed by atoms with Gasteiger partial charge in [0, 0.05) is 17.1 Å². The Bertz CT molecular complexity index is 1340. The molecule has 0 spiro atoms. The minimum atomic E-state index is 0.0457. The zero-order valence-corrected chi connectivity index (χ0v) is 22.1. The van der Waals surface area contributed by atoms with E-state index in [1.54, 1.807) is 17.7 Å². The maximum atomic E-state index is 12.7. The first-order valence-corrected chi connectivity index (χ1v) is 14.5. The lowest BCUT2D eigenvalue weighted by Gasteiger charge is -2.13. The minimum Gasteiger partial charge on any atom is -0.353 e. The fourth-order valence-electron chi connectivity index (χ4n) is 4.96. The average Bonchev–Trinajstić information content (AvgIpc) is 3.50. The van der Waals surface area contributed by atoms with E-state index in [0.29, 0.717) is 5.75 Å². The molecule has 1 aromatic carbocycles. The minimum absolute atomic E-state index is 0.0457. The molecule has 3 aromatic heterocycles. The van der Waals surface area contributed by atoms with Crippen LogP contribution < -0.4 is 5.32 Å². The van der Waals surface area contributed by atoms with Crippen LogP contribution in [0.5, 0.6) is 0 Å². The summed E-state index contributed by atoms with van der Waals surface area (Å²) in [5, 5.41) is 5.25. The van der Waals surface area contributed by atoms with E-state index in [0.717, 1.165) is 52.2 Å². The Morgan fingerprint density at radius 3 is 2.80 bits per heavy atom. The second-order valence-corrected chi connectivity index (χ2v) is 11.4. The maximum absolute atomic E-state index is 12.7. The van der Waals surface area contributed by atoms with Crippen molar-refractivity contribution >= 4 is 49.4 Å². The highest BCUT2D eigenvalue weighted by atomic mass is 32.2. The van der Waals surface area contributed by atoms with Crippen LogP contribution in [-0.2, 0) is 30.5 Å². The molecular formula is C28H32N4OS2. The molecule has 0 saturated heterocycles. The van der Waals surface area contributed by atoms with Crippen molar-refractivity contribution < 1.29 is 4.79 Å². The number of amides is 1. The molecule has 1 aliphatic rings. The van der Waals surface area contributed by atoms with Crippen LogP contribution in [0, 0.1) is 0 Å². The number of unbranched alkanes of at least 4 members (excludes halogenated alkanes) is 1. The van der Waals surface area contributed by atoms with Crippen molar-refractivity contribution in [3.8, 4) is 0 Å². The van der Waals surface area contributed by atoms with Gasteiger partial charge >= 0.3 is 0 Å². The second-order valence-electron chi connectivity index (χ2n) is 9.39. The van der Waals surface area contributed by atoms with Crippen molar-refractivity contribution in [2.24, 2.45) is 0 Å². The molecule has 1 N–H and O–H groups in total. The first kappa shape index (κ1) is 24.2. The molecule has 3 heterocycles. The molecule has 1 aliphatic carbocycles. The molecule has 0 bridgehead atoms. The van der Waals surface area contributed by atoms with E-state index in [1.165, 1.54) is 58.8 Å². The number of rotatable bonds is 10. The first-order chi connectivity index (χ1) is 17.1. The Morgan fingerprint density at radius 1 is 1.14 bits per heavy atom. The zero-order chi connectivity index (χ0) is 24.2. The van der Waals surface area contributed by atoms with Crippen LogP contribution in [0.25, 0.3) is 20.4 Å². The number of nitrogens with zero attached hydrogens (tertiary/aromatic N) is 3. The molecule has 0 aliphatic heterocycles. The fourth-order valence-corrected chi connectivity index (χ4v) is 7.02. The third-order valence-electron chi connectivity index (χ3n) is 6.75. The smallest absolute Gasteiger partial charge is 0.230 e. The van der Waals surface area contributed by atoms with Crippen molar-refractivity contribution in [3.05, 3.63) is 59.0 Å². The summed E-state index contributed by atoms with van der Waals surface area (Å²) in [6, 6.07) is 10.5. The summed E-state index contributed by atoms with van der Waals surface area (Å²) in [7, 11) is 0. The molecule has 7 heteroatoms. The highest BCUT2D eigenvalue weighted by Crippen LogP contribution is 2.42. The van der Waals surface area contributed by atoms with Gasteiger partial charge in [-0.25, -0.2) is 15.0 Å². The topological polar surface area (TPSA) is 67.8 Å². The van der Waals surface area contributed by atoms with Crippen LogP contribution in [0.1, 0.15) is 61.9 Å². The van der Waals surface area contributed by atoms with Gasteiger partial charge in [-0.2, -0.15) is 0 Å². The van der Waals surface area contributed by atoms with Crippen LogP contribution in [-0.4, -0.2) is 32.7 Å². The number of nitrogens with one attached hydrogen (secondary N) is 1. The number of pyridine rings is 1. The van der Waals surface area contributed by atoms with Crippen LogP contribution in [0.2, 0.25) is 0 Å². The van der Waals surface area contributed by atoms with Crippen LogP contribution in [0.4, 0.5) is 0 Å². The van der Waals surface area contributed by atoms with Crippen molar-refractivity contribution in [2.45, 2.75) is 76.3 Å². The Kier molecular flexibility index (Phi) is 7.63. The second kappa shape index (κ2) is 11.0. The summed E-state index contributed by atoms with van der Waals surface area (Å²) >= 11 is 3.19. The number of fused-ring (bicyclic) bond motifs is 5. The van der Waals surface area contributed by atoms with Gasteiger partial charge in [0.2, 0.25) is 5.91 Å². The van der Waals surface area contributed by atoms with Crippen LogP contribution >= 0.6 is 23.1 Å². The summed E-state index contributed by atoms with van der Waals surface area (Å²) in [5.74, 6) is 0.396. The molecule has 0 fully saturated rings. The molecule has 5 nitrogen and oxygen atoms in total. The third kappa shape index (κ3) is 5.36. The monoisotopic (exact) mass is 504 g/mol. The molecule has 5 rings (SSSR count). The Morgan fingerprint density at radius 2 is 1.97 bits per heavy atom. The fraction of sp³-hybridized carbons (Fsp3) is 0.429. The number of aryl methyl sites for hydroxylation is 3. The summed E-state index contributed by atoms with van der Waals surface area (Å²) < 4.78 is 1.06. The van der Waals surface area contributed by atoms with E-state index in [2.05, 4.69) is 53.4 Å². The summed E-state index contributed by atoms with van der Waals surface area (Å²) in [6.45, 7) is 4.31. The van der Waals surface area contributed by atoms with Gasteiger partial charge in [-0.05, 0) is 68.6 Å². The first-order valence-electron chi connectivity index (χ1n) is 12.7. The van der Waals surface area contributed by atoms with Crippen LogP contribution in [0.3, 0.4) is 0 Å². The number of hydrogen-bond acceptors (Lipinski definition) is 6. The molecule has 182 valence electrons. The number of carbonyl (C=O) groups is 1. The van der Waals surface area contributed by atoms with Crippen molar-refractivity contribution in [2.75, 3.05) is 5.75 Å². The Balaban J connectivity index is 1.30. The standard InChI is InChI=1S/C28H32N4OS2/c1-3-4-13-22-20-11-8-12-21(20)24-25-26(35-27(24)32-22)28(30-17-29-25)34-16-23(33)31-18(2)14-15-19-9-6-5-7-10-19/h5-7,9-10,17-18H,3-4,8,11-16H2,1-2H3,(H,31,33)/t18-/m1/s1. The predicted octanol–water partition coefficient (Wildman–Crippen LogP) is 6.30. The molecule has 35 heavy (non-hydrogen) atoms. The molecule has 0 saturated carbocycles. The number of carbonyl (C=O) groups excluding carboxylic acids is 1. The summed E-state index contributed by atoms with van der Waals surface area (Å²) in [5.41, 5.74) is 6.50. The maximum Gasteiger partial charge on any atom is 0.230 e. The normalized spacial score (nSPS) is 13.9. The third-order valence-corrected chi connectivity index (χ3v) is 8.95. The van der Waals surface area contributed by atoms with E-state index in [9.17, 15) is 4.79 Å².